The van der Waals surface area contributed by atoms with Gasteiger partial charge in [0.1, 0.15) is 0 Å². The second-order valence-corrected chi connectivity index (χ2v) is 4.93. The maximum Gasteiger partial charge on any atom is 0.207 e. The molecule has 4 nitrogen and oxygen atoms in total. The Morgan fingerprint density at radius 3 is 2.84 bits per heavy atom. The highest BCUT2D eigenvalue weighted by Crippen LogP contribution is 2.27. The Labute approximate surface area is 122 Å². The molecule has 2 rings (SSSR count). The van der Waals surface area contributed by atoms with E-state index in [-0.39, 0.29) is 0 Å². The fourth-order valence-corrected chi connectivity index (χ4v) is 2.25. The first-order valence-electron chi connectivity index (χ1n) is 5.86. The Morgan fingerprint density at radius 1 is 1.37 bits per heavy atom. The van der Waals surface area contributed by atoms with Crippen LogP contribution >= 0.6 is 23.2 Å². The molecule has 6 heteroatoms. The van der Waals surface area contributed by atoms with E-state index in [2.05, 4.69) is 10.3 Å². The maximum absolute atomic E-state index is 6.22. The van der Waals surface area contributed by atoms with Crippen LogP contribution in [0, 0.1) is 6.92 Å². The number of rotatable bonds is 5. The van der Waals surface area contributed by atoms with E-state index in [9.17, 15) is 0 Å². The third-order valence-corrected chi connectivity index (χ3v) is 3.12. The predicted molar refractivity (Wildman–Crippen MR) is 78.7 cm³/mol. The summed E-state index contributed by atoms with van der Waals surface area (Å²) >= 11 is 12.1. The lowest BCUT2D eigenvalue weighted by Crippen LogP contribution is -2.11. The molecule has 0 aliphatic rings. The van der Waals surface area contributed by atoms with E-state index in [0.717, 1.165) is 17.3 Å². The lowest BCUT2D eigenvalue weighted by Gasteiger charge is -2.11. The van der Waals surface area contributed by atoms with Gasteiger partial charge in [-0.15, -0.1) is 0 Å². The molecule has 0 saturated carbocycles. The Kier molecular flexibility index (Phi) is 4.69. The predicted octanol–water partition coefficient (Wildman–Crippen LogP) is 3.55. The average Bonchev–Trinajstić information content (AvgIpc) is 2.71. The van der Waals surface area contributed by atoms with Crippen molar-refractivity contribution in [2.75, 3.05) is 25.6 Å². The largest absolute Gasteiger partial charge is 0.383 e. The number of aryl methyl sites for hydroxylation is 1. The molecule has 1 aromatic carbocycles. The van der Waals surface area contributed by atoms with Gasteiger partial charge >= 0.3 is 0 Å². The molecule has 0 atom stereocenters. The molecule has 0 spiro atoms. The standard InChI is InChI=1S/C13H15Cl2N3O/c1-9-8-18(13(17-9)16-5-6-19-2)12-4-3-10(14)7-11(12)15/h3-4,7-8H,5-6H2,1-2H3,(H,16,17). The molecule has 0 unspecified atom stereocenters. The highest BCUT2D eigenvalue weighted by atomic mass is 35.5. The summed E-state index contributed by atoms with van der Waals surface area (Å²) in [6, 6.07) is 5.39. The van der Waals surface area contributed by atoms with Crippen LogP contribution in [0.15, 0.2) is 24.4 Å². The van der Waals surface area contributed by atoms with Crippen LogP contribution < -0.4 is 5.32 Å². The van der Waals surface area contributed by atoms with Crippen LogP contribution in [0.4, 0.5) is 5.95 Å². The first kappa shape index (κ1) is 14.2. The van der Waals surface area contributed by atoms with Crippen molar-refractivity contribution in [2.24, 2.45) is 0 Å². The summed E-state index contributed by atoms with van der Waals surface area (Å²) < 4.78 is 6.92. The average molecular weight is 300 g/mol. The van der Waals surface area contributed by atoms with Gasteiger partial charge in [0.05, 0.1) is 23.0 Å². The van der Waals surface area contributed by atoms with Crippen LogP contribution in [0.25, 0.3) is 5.69 Å². The van der Waals surface area contributed by atoms with Gasteiger partial charge in [-0.2, -0.15) is 0 Å². The van der Waals surface area contributed by atoms with Crippen molar-refractivity contribution < 1.29 is 4.74 Å². The second kappa shape index (κ2) is 6.28. The van der Waals surface area contributed by atoms with E-state index in [4.69, 9.17) is 27.9 Å². The van der Waals surface area contributed by atoms with Gasteiger partial charge in [-0.1, -0.05) is 23.2 Å². The molecule has 2 aromatic rings. The second-order valence-electron chi connectivity index (χ2n) is 4.09. The lowest BCUT2D eigenvalue weighted by atomic mass is 10.3. The van der Waals surface area contributed by atoms with Crippen molar-refractivity contribution in [3.8, 4) is 5.69 Å². The number of ether oxygens (including phenoxy) is 1. The smallest absolute Gasteiger partial charge is 0.207 e. The van der Waals surface area contributed by atoms with Crippen molar-refractivity contribution in [3.05, 3.63) is 40.1 Å². The minimum Gasteiger partial charge on any atom is -0.383 e. The fourth-order valence-electron chi connectivity index (χ4n) is 1.75. The molecule has 1 aromatic heterocycles. The molecule has 102 valence electrons. The van der Waals surface area contributed by atoms with Gasteiger partial charge in [-0.25, -0.2) is 4.98 Å². The normalized spacial score (nSPS) is 10.7. The van der Waals surface area contributed by atoms with Crippen LogP contribution in [-0.2, 0) is 4.74 Å². The van der Waals surface area contributed by atoms with Crippen molar-refractivity contribution in [3.63, 3.8) is 0 Å². The van der Waals surface area contributed by atoms with Crippen molar-refractivity contribution in [2.45, 2.75) is 6.92 Å². The van der Waals surface area contributed by atoms with Gasteiger partial charge in [0.15, 0.2) is 0 Å². The van der Waals surface area contributed by atoms with Gasteiger partial charge in [0.2, 0.25) is 5.95 Å². The number of halogens is 2. The molecular formula is C13H15Cl2N3O. The number of benzene rings is 1. The first-order chi connectivity index (χ1) is 9.11. The summed E-state index contributed by atoms with van der Waals surface area (Å²) in [4.78, 5) is 4.43. The molecular weight excluding hydrogens is 285 g/mol. The van der Waals surface area contributed by atoms with Crippen LogP contribution in [0.2, 0.25) is 10.0 Å². The van der Waals surface area contributed by atoms with Crippen LogP contribution in [-0.4, -0.2) is 29.8 Å². The third kappa shape index (κ3) is 3.41. The van der Waals surface area contributed by atoms with Gasteiger partial charge < -0.3 is 10.1 Å². The number of hydrogen-bond acceptors (Lipinski definition) is 3. The summed E-state index contributed by atoms with van der Waals surface area (Å²) in [7, 11) is 1.66. The molecule has 0 bridgehead atoms. The zero-order chi connectivity index (χ0) is 13.8. The van der Waals surface area contributed by atoms with Gasteiger partial charge in [-0.05, 0) is 25.1 Å². The van der Waals surface area contributed by atoms with Gasteiger partial charge in [0.25, 0.3) is 0 Å². The fraction of sp³-hybridized carbons (Fsp3) is 0.308. The van der Waals surface area contributed by atoms with E-state index >= 15 is 0 Å². The molecule has 0 aliphatic carbocycles. The SMILES string of the molecule is COCCNc1nc(C)cn1-c1ccc(Cl)cc1Cl. The van der Waals surface area contributed by atoms with E-state index in [0.29, 0.717) is 23.2 Å². The van der Waals surface area contributed by atoms with Crippen molar-refractivity contribution in [1.29, 1.82) is 0 Å². The van der Waals surface area contributed by atoms with E-state index in [1.807, 2.05) is 23.8 Å². The molecule has 0 aliphatic heterocycles. The summed E-state index contributed by atoms with van der Waals surface area (Å²) in [5.74, 6) is 0.735. The molecule has 0 fully saturated rings. The monoisotopic (exact) mass is 299 g/mol. The summed E-state index contributed by atoms with van der Waals surface area (Å²) in [6.07, 6.45) is 1.92. The Balaban J connectivity index is 2.32. The van der Waals surface area contributed by atoms with E-state index in [1.165, 1.54) is 0 Å². The molecule has 0 amide bonds. The number of nitrogens with zero attached hydrogens (tertiary/aromatic N) is 2. The summed E-state index contributed by atoms with van der Waals surface area (Å²) in [6.45, 7) is 3.22. The Morgan fingerprint density at radius 2 is 2.16 bits per heavy atom. The number of nitrogens with one attached hydrogen (secondary N) is 1. The minimum absolute atomic E-state index is 0.583. The van der Waals surface area contributed by atoms with Gasteiger partial charge in [0, 0.05) is 24.9 Å². The Hall–Kier alpha value is -1.23. The topological polar surface area (TPSA) is 39.1 Å². The highest BCUT2D eigenvalue weighted by molar-refractivity contribution is 6.35. The van der Waals surface area contributed by atoms with E-state index < -0.39 is 0 Å². The molecule has 1 N–H and O–H groups in total. The molecule has 1 heterocycles. The van der Waals surface area contributed by atoms with Crippen LogP contribution in [0.1, 0.15) is 5.69 Å². The number of methoxy groups -OCH3 is 1. The minimum atomic E-state index is 0.583. The maximum atomic E-state index is 6.22. The summed E-state index contributed by atoms with van der Waals surface area (Å²) in [5, 5.41) is 4.40. The van der Waals surface area contributed by atoms with E-state index in [1.54, 1.807) is 19.2 Å². The van der Waals surface area contributed by atoms with Crippen molar-refractivity contribution >= 4 is 29.2 Å². The molecule has 0 radical (unpaired) electrons. The quantitative estimate of drug-likeness (QED) is 0.858. The molecule has 19 heavy (non-hydrogen) atoms. The first-order valence-corrected chi connectivity index (χ1v) is 6.61. The zero-order valence-corrected chi connectivity index (χ0v) is 12.3. The van der Waals surface area contributed by atoms with Crippen LogP contribution in [0.5, 0.6) is 0 Å². The van der Waals surface area contributed by atoms with Crippen LogP contribution in [0.3, 0.4) is 0 Å². The summed E-state index contributed by atoms with van der Waals surface area (Å²) in [5.41, 5.74) is 1.75. The number of imidazole rings is 1. The lowest BCUT2D eigenvalue weighted by molar-refractivity contribution is 0.210. The third-order valence-electron chi connectivity index (χ3n) is 2.58. The Bertz CT molecular complexity index is 569. The van der Waals surface area contributed by atoms with Gasteiger partial charge in [-0.3, -0.25) is 4.57 Å². The zero-order valence-electron chi connectivity index (χ0n) is 10.8. The molecule has 0 saturated heterocycles. The van der Waals surface area contributed by atoms with Crippen molar-refractivity contribution in [1.82, 2.24) is 9.55 Å². The number of aromatic nitrogens is 2. The number of anilines is 1. The number of hydrogen-bond donors (Lipinski definition) is 1. The highest BCUT2D eigenvalue weighted by Gasteiger charge is 2.10.